The van der Waals surface area contributed by atoms with Crippen molar-refractivity contribution in [3.63, 3.8) is 0 Å². The molecule has 0 bridgehead atoms. The number of carbonyl (C=O) groups excluding carboxylic acids is 1. The predicted molar refractivity (Wildman–Crippen MR) is 82.6 cm³/mol. The molecule has 0 aliphatic heterocycles. The Kier molecular flexibility index (Phi) is 5.26. The Labute approximate surface area is 126 Å². The average molecular weight is 289 g/mol. The Bertz CT molecular complexity index is 525. The van der Waals surface area contributed by atoms with Crippen LogP contribution in [0.3, 0.4) is 0 Å². The minimum absolute atomic E-state index is 0.0731. The smallest absolute Gasteiger partial charge is 0.221 e. The van der Waals surface area contributed by atoms with E-state index in [2.05, 4.69) is 17.5 Å². The molecule has 0 radical (unpaired) electrons. The summed E-state index contributed by atoms with van der Waals surface area (Å²) in [5, 5.41) is 3.04. The van der Waals surface area contributed by atoms with Gasteiger partial charge >= 0.3 is 0 Å². The lowest BCUT2D eigenvalue weighted by Crippen LogP contribution is -2.28. The van der Waals surface area contributed by atoms with Crippen molar-refractivity contribution in [2.24, 2.45) is 5.92 Å². The second-order valence-electron chi connectivity index (χ2n) is 5.37. The molecule has 1 amide bonds. The summed E-state index contributed by atoms with van der Waals surface area (Å²) in [5.74, 6) is 1.96. The number of rotatable bonds is 6. The highest BCUT2D eigenvalue weighted by atomic mass is 16.5. The number of allylic oxidation sites excluding steroid dienone is 2. The molecule has 1 aliphatic rings. The van der Waals surface area contributed by atoms with Crippen LogP contribution in [0.5, 0.6) is 11.5 Å². The van der Waals surface area contributed by atoms with Crippen LogP contribution >= 0.6 is 0 Å². The third-order valence-electron chi connectivity index (χ3n) is 3.84. The van der Waals surface area contributed by atoms with E-state index in [0.29, 0.717) is 12.3 Å². The molecule has 0 unspecified atom stereocenters. The highest BCUT2D eigenvalue weighted by Gasteiger charge is 2.18. The van der Waals surface area contributed by atoms with E-state index in [4.69, 9.17) is 9.47 Å². The summed E-state index contributed by atoms with van der Waals surface area (Å²) in [6, 6.07) is 5.49. The normalized spacial score (nSPS) is 18.3. The Hall–Kier alpha value is -1.97. The molecule has 1 aromatic rings. The first-order valence-electron chi connectivity index (χ1n) is 7.32. The lowest BCUT2D eigenvalue weighted by molar-refractivity contribution is -0.122. The van der Waals surface area contributed by atoms with Crippen LogP contribution in [-0.4, -0.2) is 20.1 Å². The molecule has 0 heterocycles. The number of nitrogens with one attached hydrogen (secondary N) is 1. The summed E-state index contributed by atoms with van der Waals surface area (Å²) < 4.78 is 10.6. The maximum atomic E-state index is 12.1. The summed E-state index contributed by atoms with van der Waals surface area (Å²) in [6.45, 7) is 1.96. The van der Waals surface area contributed by atoms with Gasteiger partial charge in [-0.3, -0.25) is 4.79 Å². The third-order valence-corrected chi connectivity index (χ3v) is 3.84. The van der Waals surface area contributed by atoms with E-state index in [9.17, 15) is 4.79 Å². The van der Waals surface area contributed by atoms with Gasteiger partial charge in [0.1, 0.15) is 11.5 Å². The quantitative estimate of drug-likeness (QED) is 0.818. The number of carbonyl (C=O) groups is 1. The van der Waals surface area contributed by atoms with Crippen LogP contribution in [0.25, 0.3) is 0 Å². The van der Waals surface area contributed by atoms with Crippen molar-refractivity contribution in [2.45, 2.75) is 32.2 Å². The Morgan fingerprint density at radius 3 is 2.81 bits per heavy atom. The van der Waals surface area contributed by atoms with Crippen molar-refractivity contribution in [3.8, 4) is 11.5 Å². The largest absolute Gasteiger partial charge is 0.497 e. The first-order chi connectivity index (χ1) is 10.1. The van der Waals surface area contributed by atoms with Crippen LogP contribution in [-0.2, 0) is 4.79 Å². The molecular formula is C17H23NO3. The molecular weight excluding hydrogens is 266 g/mol. The van der Waals surface area contributed by atoms with Gasteiger partial charge in [0.05, 0.1) is 20.3 Å². The van der Waals surface area contributed by atoms with E-state index in [1.807, 2.05) is 25.1 Å². The average Bonchev–Trinajstić information content (AvgIpc) is 2.99. The van der Waals surface area contributed by atoms with Crippen molar-refractivity contribution in [1.82, 2.24) is 5.32 Å². The Balaban J connectivity index is 2.02. The van der Waals surface area contributed by atoms with E-state index >= 15 is 0 Å². The zero-order chi connectivity index (χ0) is 15.2. The van der Waals surface area contributed by atoms with E-state index in [1.165, 1.54) is 0 Å². The fourth-order valence-corrected chi connectivity index (χ4v) is 2.66. The minimum Gasteiger partial charge on any atom is -0.497 e. The molecule has 21 heavy (non-hydrogen) atoms. The Morgan fingerprint density at radius 2 is 2.19 bits per heavy atom. The van der Waals surface area contributed by atoms with Crippen molar-refractivity contribution < 1.29 is 14.3 Å². The van der Waals surface area contributed by atoms with Crippen LogP contribution in [0.2, 0.25) is 0 Å². The summed E-state index contributed by atoms with van der Waals surface area (Å²) in [4.78, 5) is 12.1. The second-order valence-corrected chi connectivity index (χ2v) is 5.37. The number of benzene rings is 1. The van der Waals surface area contributed by atoms with Crippen LogP contribution in [0.1, 0.15) is 37.8 Å². The van der Waals surface area contributed by atoms with Gasteiger partial charge in [0, 0.05) is 12.0 Å². The van der Waals surface area contributed by atoms with Gasteiger partial charge in [-0.05, 0) is 43.9 Å². The summed E-state index contributed by atoms with van der Waals surface area (Å²) in [7, 11) is 3.25. The zero-order valence-electron chi connectivity index (χ0n) is 12.9. The van der Waals surface area contributed by atoms with Crippen LogP contribution in [0.4, 0.5) is 0 Å². The molecule has 2 rings (SSSR count). The Morgan fingerprint density at radius 1 is 1.38 bits per heavy atom. The molecule has 0 spiro atoms. The molecule has 4 heteroatoms. The van der Waals surface area contributed by atoms with E-state index in [1.54, 1.807) is 14.2 Å². The summed E-state index contributed by atoms with van der Waals surface area (Å²) in [6.07, 6.45) is 6.98. The summed E-state index contributed by atoms with van der Waals surface area (Å²) >= 11 is 0. The third kappa shape index (κ3) is 4.00. The van der Waals surface area contributed by atoms with Crippen LogP contribution in [0, 0.1) is 5.92 Å². The molecule has 1 N–H and O–H groups in total. The van der Waals surface area contributed by atoms with Crippen molar-refractivity contribution in [1.29, 1.82) is 0 Å². The zero-order valence-corrected chi connectivity index (χ0v) is 12.9. The molecule has 2 atom stereocenters. The standard InChI is InChI=1S/C17H23NO3/c1-12(18-17(19)10-13-6-4-5-7-13)15-11-14(20-2)8-9-16(15)21-3/h4,6,8-9,11-13H,5,7,10H2,1-3H3,(H,18,19)/t12-,13-/m0/s1. The fraction of sp³-hybridized carbons (Fsp3) is 0.471. The number of hydrogen-bond donors (Lipinski definition) is 1. The second kappa shape index (κ2) is 7.16. The predicted octanol–water partition coefficient (Wildman–Crippen LogP) is 3.24. The van der Waals surface area contributed by atoms with Gasteiger partial charge < -0.3 is 14.8 Å². The highest BCUT2D eigenvalue weighted by Crippen LogP contribution is 2.29. The molecule has 4 nitrogen and oxygen atoms in total. The van der Waals surface area contributed by atoms with Crippen molar-refractivity contribution >= 4 is 5.91 Å². The molecule has 0 aromatic heterocycles. The number of methoxy groups -OCH3 is 2. The molecule has 0 saturated heterocycles. The van der Waals surface area contributed by atoms with Gasteiger partial charge in [0.2, 0.25) is 5.91 Å². The minimum atomic E-state index is -0.118. The van der Waals surface area contributed by atoms with Gasteiger partial charge in [-0.2, -0.15) is 0 Å². The van der Waals surface area contributed by atoms with Crippen LogP contribution < -0.4 is 14.8 Å². The first kappa shape index (κ1) is 15.4. The monoisotopic (exact) mass is 289 g/mol. The lowest BCUT2D eigenvalue weighted by Gasteiger charge is -2.19. The van der Waals surface area contributed by atoms with Gasteiger partial charge in [0.25, 0.3) is 0 Å². The van der Waals surface area contributed by atoms with Crippen molar-refractivity contribution in [2.75, 3.05) is 14.2 Å². The van der Waals surface area contributed by atoms with E-state index < -0.39 is 0 Å². The van der Waals surface area contributed by atoms with E-state index in [-0.39, 0.29) is 11.9 Å². The topological polar surface area (TPSA) is 47.6 Å². The fourth-order valence-electron chi connectivity index (χ4n) is 2.66. The first-order valence-corrected chi connectivity index (χ1v) is 7.32. The number of hydrogen-bond acceptors (Lipinski definition) is 3. The van der Waals surface area contributed by atoms with E-state index in [0.717, 1.165) is 29.9 Å². The van der Waals surface area contributed by atoms with Gasteiger partial charge in [0.15, 0.2) is 0 Å². The van der Waals surface area contributed by atoms with Gasteiger partial charge in [-0.15, -0.1) is 0 Å². The maximum Gasteiger partial charge on any atom is 0.221 e. The molecule has 1 aromatic carbocycles. The molecule has 114 valence electrons. The summed E-state index contributed by atoms with van der Waals surface area (Å²) in [5.41, 5.74) is 0.923. The molecule has 0 fully saturated rings. The lowest BCUT2D eigenvalue weighted by atomic mass is 10.0. The van der Waals surface area contributed by atoms with Gasteiger partial charge in [-0.25, -0.2) is 0 Å². The maximum absolute atomic E-state index is 12.1. The SMILES string of the molecule is COc1ccc(OC)c([C@H](C)NC(=O)C[C@H]2C=CCC2)c1. The number of amides is 1. The van der Waals surface area contributed by atoms with Gasteiger partial charge in [-0.1, -0.05) is 12.2 Å². The molecule has 1 aliphatic carbocycles. The number of ether oxygens (including phenoxy) is 2. The molecule has 0 saturated carbocycles. The van der Waals surface area contributed by atoms with Crippen molar-refractivity contribution in [3.05, 3.63) is 35.9 Å². The van der Waals surface area contributed by atoms with Crippen LogP contribution in [0.15, 0.2) is 30.4 Å². The highest BCUT2D eigenvalue weighted by molar-refractivity contribution is 5.77.